The van der Waals surface area contributed by atoms with Gasteiger partial charge in [-0.3, -0.25) is 0 Å². The van der Waals surface area contributed by atoms with Crippen LogP contribution in [0.5, 0.6) is 0 Å². The zero-order valence-corrected chi connectivity index (χ0v) is 11.8. The molecule has 98 valence electrons. The molecule has 4 heteroatoms. The standard InChI is InChI=1S/C13H26N4/c1-11(6-8-16(4)5)14-7-9-17-10-15-12(2)13(17)3/h10-11,14H,6-9H2,1-5H3. The minimum absolute atomic E-state index is 0.572. The van der Waals surface area contributed by atoms with Crippen LogP contribution in [0.4, 0.5) is 0 Å². The Labute approximate surface area is 105 Å². The van der Waals surface area contributed by atoms with Crippen LogP contribution >= 0.6 is 0 Å². The van der Waals surface area contributed by atoms with E-state index < -0.39 is 0 Å². The molecule has 0 aliphatic carbocycles. The average molecular weight is 238 g/mol. The maximum atomic E-state index is 4.30. The quantitative estimate of drug-likeness (QED) is 0.780. The van der Waals surface area contributed by atoms with Gasteiger partial charge in [-0.05, 0) is 47.8 Å². The largest absolute Gasteiger partial charge is 0.333 e. The first-order valence-electron chi connectivity index (χ1n) is 6.37. The first kappa shape index (κ1) is 14.2. The number of aryl methyl sites for hydroxylation is 1. The fourth-order valence-electron chi connectivity index (χ4n) is 1.75. The Kier molecular flexibility index (Phi) is 5.65. The fraction of sp³-hybridized carbons (Fsp3) is 0.769. The summed E-state index contributed by atoms with van der Waals surface area (Å²) >= 11 is 0. The van der Waals surface area contributed by atoms with E-state index in [1.807, 2.05) is 6.33 Å². The smallest absolute Gasteiger partial charge is 0.0951 e. The lowest BCUT2D eigenvalue weighted by Gasteiger charge is -2.17. The van der Waals surface area contributed by atoms with Gasteiger partial charge in [0.05, 0.1) is 12.0 Å². The Morgan fingerprint density at radius 3 is 2.65 bits per heavy atom. The summed E-state index contributed by atoms with van der Waals surface area (Å²) in [6.07, 6.45) is 3.12. The number of nitrogens with one attached hydrogen (secondary N) is 1. The maximum absolute atomic E-state index is 4.30. The molecule has 0 saturated heterocycles. The lowest BCUT2D eigenvalue weighted by molar-refractivity contribution is 0.364. The molecule has 0 bridgehead atoms. The second-order valence-corrected chi connectivity index (χ2v) is 5.06. The molecule has 0 aliphatic rings. The summed E-state index contributed by atoms with van der Waals surface area (Å²) in [7, 11) is 4.23. The van der Waals surface area contributed by atoms with Gasteiger partial charge in [-0.1, -0.05) is 0 Å². The molecule has 0 saturated carbocycles. The van der Waals surface area contributed by atoms with E-state index >= 15 is 0 Å². The van der Waals surface area contributed by atoms with Crippen molar-refractivity contribution < 1.29 is 0 Å². The lowest BCUT2D eigenvalue weighted by Crippen LogP contribution is -2.32. The molecule has 0 spiro atoms. The van der Waals surface area contributed by atoms with Gasteiger partial charge in [-0.25, -0.2) is 4.98 Å². The maximum Gasteiger partial charge on any atom is 0.0951 e. The molecular weight excluding hydrogens is 212 g/mol. The van der Waals surface area contributed by atoms with Crippen molar-refractivity contribution in [1.29, 1.82) is 0 Å². The molecule has 0 amide bonds. The molecule has 1 unspecified atom stereocenters. The summed E-state index contributed by atoms with van der Waals surface area (Å²) in [6, 6.07) is 0.572. The minimum atomic E-state index is 0.572. The molecule has 4 nitrogen and oxygen atoms in total. The highest BCUT2D eigenvalue weighted by molar-refractivity contribution is 5.08. The highest BCUT2D eigenvalue weighted by Crippen LogP contribution is 2.03. The van der Waals surface area contributed by atoms with E-state index in [1.165, 1.54) is 12.1 Å². The number of imidazole rings is 1. The number of nitrogens with zero attached hydrogens (tertiary/aromatic N) is 3. The third-order valence-electron chi connectivity index (χ3n) is 3.20. The zero-order chi connectivity index (χ0) is 12.8. The van der Waals surface area contributed by atoms with Gasteiger partial charge in [0.2, 0.25) is 0 Å². The number of aromatic nitrogens is 2. The van der Waals surface area contributed by atoms with Gasteiger partial charge in [0.1, 0.15) is 0 Å². The molecule has 1 rings (SSSR count). The van der Waals surface area contributed by atoms with Gasteiger partial charge in [0.15, 0.2) is 0 Å². The Morgan fingerprint density at radius 2 is 2.12 bits per heavy atom. The molecule has 1 aromatic rings. The fourth-order valence-corrected chi connectivity index (χ4v) is 1.75. The molecule has 1 atom stereocenters. The van der Waals surface area contributed by atoms with Crippen LogP contribution in [-0.4, -0.2) is 47.7 Å². The first-order valence-corrected chi connectivity index (χ1v) is 6.37. The van der Waals surface area contributed by atoms with E-state index in [0.29, 0.717) is 6.04 Å². The van der Waals surface area contributed by atoms with Crippen molar-refractivity contribution in [3.05, 3.63) is 17.7 Å². The molecule has 0 radical (unpaired) electrons. The van der Waals surface area contributed by atoms with Crippen molar-refractivity contribution in [2.45, 2.75) is 39.8 Å². The topological polar surface area (TPSA) is 33.1 Å². The predicted molar refractivity (Wildman–Crippen MR) is 72.3 cm³/mol. The van der Waals surface area contributed by atoms with E-state index in [2.05, 4.69) is 54.6 Å². The second-order valence-electron chi connectivity index (χ2n) is 5.06. The van der Waals surface area contributed by atoms with Crippen LogP contribution < -0.4 is 5.32 Å². The Morgan fingerprint density at radius 1 is 1.41 bits per heavy atom. The van der Waals surface area contributed by atoms with Crippen LogP contribution in [-0.2, 0) is 6.54 Å². The number of hydrogen-bond donors (Lipinski definition) is 1. The molecule has 0 aromatic carbocycles. The van der Waals surface area contributed by atoms with E-state index in [1.54, 1.807) is 0 Å². The molecule has 1 N–H and O–H groups in total. The summed E-state index contributed by atoms with van der Waals surface area (Å²) in [4.78, 5) is 6.53. The molecular formula is C13H26N4. The molecule has 1 aromatic heterocycles. The predicted octanol–water partition coefficient (Wildman–Crippen LogP) is 1.43. The molecule has 0 aliphatic heterocycles. The van der Waals surface area contributed by atoms with Crippen LogP contribution in [0, 0.1) is 13.8 Å². The van der Waals surface area contributed by atoms with E-state index in [-0.39, 0.29) is 0 Å². The highest BCUT2D eigenvalue weighted by Gasteiger charge is 2.04. The molecule has 17 heavy (non-hydrogen) atoms. The van der Waals surface area contributed by atoms with E-state index in [9.17, 15) is 0 Å². The second kappa shape index (κ2) is 6.77. The molecule has 1 heterocycles. The van der Waals surface area contributed by atoms with Crippen molar-refractivity contribution in [2.75, 3.05) is 27.2 Å². The van der Waals surface area contributed by atoms with Crippen LogP contribution in [0.3, 0.4) is 0 Å². The van der Waals surface area contributed by atoms with Gasteiger partial charge in [0.25, 0.3) is 0 Å². The Balaban J connectivity index is 2.21. The third-order valence-corrected chi connectivity index (χ3v) is 3.20. The first-order chi connectivity index (χ1) is 8.00. The van der Waals surface area contributed by atoms with Crippen LogP contribution in [0.2, 0.25) is 0 Å². The summed E-state index contributed by atoms with van der Waals surface area (Å²) < 4.78 is 2.21. The average Bonchev–Trinajstić information content (AvgIpc) is 2.58. The van der Waals surface area contributed by atoms with E-state index in [0.717, 1.165) is 25.3 Å². The van der Waals surface area contributed by atoms with Gasteiger partial charge >= 0.3 is 0 Å². The normalized spacial score (nSPS) is 13.3. The van der Waals surface area contributed by atoms with Gasteiger partial charge in [-0.2, -0.15) is 0 Å². The SMILES string of the molecule is Cc1ncn(CCNC(C)CCN(C)C)c1C. The van der Waals surface area contributed by atoms with Crippen molar-refractivity contribution in [2.24, 2.45) is 0 Å². The summed E-state index contributed by atoms with van der Waals surface area (Å²) in [5.41, 5.74) is 2.40. The zero-order valence-electron chi connectivity index (χ0n) is 11.8. The highest BCUT2D eigenvalue weighted by atomic mass is 15.1. The lowest BCUT2D eigenvalue weighted by atomic mass is 10.2. The van der Waals surface area contributed by atoms with Crippen LogP contribution in [0.1, 0.15) is 24.7 Å². The van der Waals surface area contributed by atoms with Gasteiger partial charge in [-0.15, -0.1) is 0 Å². The summed E-state index contributed by atoms with van der Waals surface area (Å²) in [5.74, 6) is 0. The van der Waals surface area contributed by atoms with Crippen molar-refractivity contribution in [1.82, 2.24) is 19.8 Å². The summed E-state index contributed by atoms with van der Waals surface area (Å²) in [6.45, 7) is 9.56. The van der Waals surface area contributed by atoms with Crippen molar-refractivity contribution >= 4 is 0 Å². The Bertz CT molecular complexity index is 330. The number of hydrogen-bond acceptors (Lipinski definition) is 3. The Hall–Kier alpha value is -0.870. The van der Waals surface area contributed by atoms with Gasteiger partial charge < -0.3 is 14.8 Å². The number of rotatable bonds is 7. The molecule has 0 fully saturated rings. The van der Waals surface area contributed by atoms with Gasteiger partial charge in [0, 0.05) is 24.8 Å². The van der Waals surface area contributed by atoms with E-state index in [4.69, 9.17) is 0 Å². The van der Waals surface area contributed by atoms with Crippen LogP contribution in [0.15, 0.2) is 6.33 Å². The minimum Gasteiger partial charge on any atom is -0.333 e. The van der Waals surface area contributed by atoms with Crippen molar-refractivity contribution in [3.8, 4) is 0 Å². The van der Waals surface area contributed by atoms with Crippen molar-refractivity contribution in [3.63, 3.8) is 0 Å². The van der Waals surface area contributed by atoms with Crippen LogP contribution in [0.25, 0.3) is 0 Å². The third kappa shape index (κ3) is 4.88. The summed E-state index contributed by atoms with van der Waals surface area (Å²) in [5, 5.41) is 3.55. The monoisotopic (exact) mass is 238 g/mol.